The lowest BCUT2D eigenvalue weighted by molar-refractivity contribution is 0.122. The molecule has 8 nitrogen and oxygen atoms in total. The van der Waals surface area contributed by atoms with E-state index in [1.54, 1.807) is 13.3 Å². The molecular weight excluding hydrogens is 394 g/mol. The maximum absolute atomic E-state index is 12.2. The van der Waals surface area contributed by atoms with Crippen molar-refractivity contribution in [2.75, 3.05) is 48.9 Å². The summed E-state index contributed by atoms with van der Waals surface area (Å²) in [5.74, 6) is 1.99. The van der Waals surface area contributed by atoms with Crippen LogP contribution in [0.1, 0.15) is 5.56 Å². The van der Waals surface area contributed by atoms with Crippen LogP contribution in [0.25, 0.3) is 11.4 Å². The number of nitrogens with one attached hydrogen (secondary N) is 2. The fourth-order valence-electron chi connectivity index (χ4n) is 3.28. The van der Waals surface area contributed by atoms with Crippen LogP contribution < -0.4 is 20.3 Å². The molecule has 8 heteroatoms. The maximum Gasteiger partial charge on any atom is 0.323 e. The summed E-state index contributed by atoms with van der Waals surface area (Å²) in [5, 5.41) is 5.65. The Hall–Kier alpha value is -3.65. The van der Waals surface area contributed by atoms with Gasteiger partial charge in [0.2, 0.25) is 0 Å². The molecule has 0 radical (unpaired) electrons. The smallest absolute Gasteiger partial charge is 0.323 e. The van der Waals surface area contributed by atoms with Crippen LogP contribution in [0, 0.1) is 6.92 Å². The summed E-state index contributed by atoms with van der Waals surface area (Å²) in [6, 6.07) is 14.7. The van der Waals surface area contributed by atoms with E-state index >= 15 is 0 Å². The Morgan fingerprint density at radius 2 is 1.61 bits per heavy atom. The average Bonchev–Trinajstić information content (AvgIpc) is 2.81. The van der Waals surface area contributed by atoms with Crippen molar-refractivity contribution in [3.05, 3.63) is 60.3 Å². The quantitative estimate of drug-likeness (QED) is 0.651. The molecule has 1 saturated heterocycles. The zero-order valence-corrected chi connectivity index (χ0v) is 17.6. The molecule has 2 amide bonds. The number of anilines is 3. The number of urea groups is 1. The molecule has 0 atom stereocenters. The Morgan fingerprint density at radius 3 is 2.23 bits per heavy atom. The maximum atomic E-state index is 12.2. The molecule has 1 aromatic heterocycles. The highest BCUT2D eigenvalue weighted by Gasteiger charge is 2.18. The summed E-state index contributed by atoms with van der Waals surface area (Å²) < 4.78 is 10.9. The Morgan fingerprint density at radius 1 is 1.00 bits per heavy atom. The van der Waals surface area contributed by atoms with Crippen molar-refractivity contribution in [3.63, 3.8) is 0 Å². The number of benzene rings is 2. The zero-order valence-electron chi connectivity index (χ0n) is 17.6. The van der Waals surface area contributed by atoms with Crippen molar-refractivity contribution in [1.29, 1.82) is 0 Å². The third-order valence-electron chi connectivity index (χ3n) is 4.98. The van der Waals surface area contributed by atoms with Gasteiger partial charge < -0.3 is 25.0 Å². The summed E-state index contributed by atoms with van der Waals surface area (Å²) in [5.41, 5.74) is 3.40. The number of carbonyl (C=O) groups excluding carboxylic acids is 1. The number of rotatable bonds is 5. The molecule has 2 N–H and O–H groups in total. The van der Waals surface area contributed by atoms with Crippen molar-refractivity contribution in [2.24, 2.45) is 0 Å². The summed E-state index contributed by atoms with van der Waals surface area (Å²) in [6.45, 7) is 4.83. The largest absolute Gasteiger partial charge is 0.491 e. The average molecular weight is 419 g/mol. The number of methoxy groups -OCH3 is 1. The first-order valence-corrected chi connectivity index (χ1v) is 10.1. The van der Waals surface area contributed by atoms with E-state index < -0.39 is 0 Å². The van der Waals surface area contributed by atoms with Crippen molar-refractivity contribution < 1.29 is 14.3 Å². The fraction of sp³-hybridized carbons (Fsp3) is 0.261. The van der Waals surface area contributed by atoms with Gasteiger partial charge in [-0.3, -0.25) is 0 Å². The van der Waals surface area contributed by atoms with Crippen molar-refractivity contribution in [1.82, 2.24) is 9.97 Å². The van der Waals surface area contributed by atoms with E-state index in [-0.39, 0.29) is 6.03 Å². The highest BCUT2D eigenvalue weighted by atomic mass is 16.5. The first kappa shape index (κ1) is 20.6. The minimum Gasteiger partial charge on any atom is -0.491 e. The first-order chi connectivity index (χ1) is 15.1. The molecule has 1 fully saturated rings. The van der Waals surface area contributed by atoms with Gasteiger partial charge in [-0.15, -0.1) is 0 Å². The lowest BCUT2D eigenvalue weighted by Gasteiger charge is -2.28. The molecule has 160 valence electrons. The number of hydrogen-bond acceptors (Lipinski definition) is 6. The van der Waals surface area contributed by atoms with Gasteiger partial charge in [0.15, 0.2) is 17.4 Å². The SMILES string of the molecule is COc1cnc(-c2ccc(NC(=O)Nc3ccc(C)cc3)cc2)nc1N1CCOCC1. The van der Waals surface area contributed by atoms with Crippen LogP contribution in [0.2, 0.25) is 0 Å². The topological polar surface area (TPSA) is 88.6 Å². The number of morpholine rings is 1. The molecule has 0 saturated carbocycles. The molecule has 4 rings (SSSR count). The predicted octanol–water partition coefficient (Wildman–Crippen LogP) is 3.94. The second-order valence-corrected chi connectivity index (χ2v) is 7.21. The van der Waals surface area contributed by atoms with Crippen LogP contribution in [-0.2, 0) is 4.74 Å². The Labute approximate surface area is 181 Å². The van der Waals surface area contributed by atoms with E-state index in [1.165, 1.54) is 0 Å². The standard InChI is InChI=1S/C23H25N5O3/c1-16-3-7-18(8-4-16)25-23(29)26-19-9-5-17(6-10-19)21-24-15-20(30-2)22(27-21)28-11-13-31-14-12-28/h3-10,15H,11-14H2,1-2H3,(H2,25,26,29). The normalized spacial score (nSPS) is 13.5. The summed E-state index contributed by atoms with van der Waals surface area (Å²) >= 11 is 0. The van der Waals surface area contributed by atoms with Crippen LogP contribution in [-0.4, -0.2) is 49.4 Å². The second-order valence-electron chi connectivity index (χ2n) is 7.21. The van der Waals surface area contributed by atoms with E-state index in [2.05, 4.69) is 20.5 Å². The summed E-state index contributed by atoms with van der Waals surface area (Å²) in [7, 11) is 1.62. The fourth-order valence-corrected chi connectivity index (χ4v) is 3.28. The van der Waals surface area contributed by atoms with Gasteiger partial charge in [-0.2, -0.15) is 0 Å². The van der Waals surface area contributed by atoms with Gasteiger partial charge in [0.25, 0.3) is 0 Å². The number of aromatic nitrogens is 2. The zero-order chi connectivity index (χ0) is 21.6. The molecule has 31 heavy (non-hydrogen) atoms. The van der Waals surface area contributed by atoms with Gasteiger partial charge in [0, 0.05) is 30.0 Å². The van der Waals surface area contributed by atoms with Gasteiger partial charge in [-0.1, -0.05) is 17.7 Å². The van der Waals surface area contributed by atoms with Gasteiger partial charge in [0.1, 0.15) is 0 Å². The van der Waals surface area contributed by atoms with Crippen molar-refractivity contribution in [3.8, 4) is 17.1 Å². The molecule has 2 heterocycles. The Bertz CT molecular complexity index is 1030. The number of aryl methyl sites for hydroxylation is 1. The highest BCUT2D eigenvalue weighted by molar-refractivity contribution is 5.99. The molecule has 1 aliphatic heterocycles. The lowest BCUT2D eigenvalue weighted by Crippen LogP contribution is -2.37. The third-order valence-corrected chi connectivity index (χ3v) is 4.98. The number of hydrogen-bond donors (Lipinski definition) is 2. The van der Waals surface area contributed by atoms with E-state index in [1.807, 2.05) is 55.5 Å². The van der Waals surface area contributed by atoms with Crippen LogP contribution in [0.4, 0.5) is 22.0 Å². The van der Waals surface area contributed by atoms with Gasteiger partial charge in [0.05, 0.1) is 26.5 Å². The van der Waals surface area contributed by atoms with Crippen LogP contribution in [0.5, 0.6) is 5.75 Å². The van der Waals surface area contributed by atoms with Crippen LogP contribution in [0.3, 0.4) is 0 Å². The molecule has 0 unspecified atom stereocenters. The summed E-state index contributed by atoms with van der Waals surface area (Å²) in [6.07, 6.45) is 1.69. The number of carbonyl (C=O) groups is 1. The van der Waals surface area contributed by atoms with E-state index in [0.29, 0.717) is 30.5 Å². The van der Waals surface area contributed by atoms with Gasteiger partial charge >= 0.3 is 6.03 Å². The van der Waals surface area contributed by atoms with E-state index in [4.69, 9.17) is 14.5 Å². The highest BCUT2D eigenvalue weighted by Crippen LogP contribution is 2.29. The number of ether oxygens (including phenoxy) is 2. The van der Waals surface area contributed by atoms with E-state index in [9.17, 15) is 4.79 Å². The molecule has 0 spiro atoms. The Kier molecular flexibility index (Phi) is 6.28. The van der Waals surface area contributed by atoms with E-state index in [0.717, 1.165) is 35.7 Å². The summed E-state index contributed by atoms with van der Waals surface area (Å²) in [4.78, 5) is 23.5. The van der Waals surface area contributed by atoms with Crippen molar-refractivity contribution in [2.45, 2.75) is 6.92 Å². The predicted molar refractivity (Wildman–Crippen MR) is 121 cm³/mol. The molecule has 2 aromatic carbocycles. The number of nitrogens with zero attached hydrogens (tertiary/aromatic N) is 3. The molecule has 3 aromatic rings. The lowest BCUT2D eigenvalue weighted by atomic mass is 10.2. The minimum atomic E-state index is -0.299. The third kappa shape index (κ3) is 5.10. The Balaban J connectivity index is 1.46. The second kappa shape index (κ2) is 9.44. The van der Waals surface area contributed by atoms with Crippen LogP contribution >= 0.6 is 0 Å². The van der Waals surface area contributed by atoms with Crippen LogP contribution in [0.15, 0.2) is 54.7 Å². The molecule has 1 aliphatic rings. The number of amides is 2. The molecule has 0 aliphatic carbocycles. The monoisotopic (exact) mass is 419 g/mol. The molecular formula is C23H25N5O3. The van der Waals surface area contributed by atoms with Crippen molar-refractivity contribution >= 4 is 23.2 Å². The van der Waals surface area contributed by atoms with Gasteiger partial charge in [-0.05, 0) is 43.3 Å². The first-order valence-electron chi connectivity index (χ1n) is 10.1. The minimum absolute atomic E-state index is 0.299. The molecule has 0 bridgehead atoms. The van der Waals surface area contributed by atoms with Gasteiger partial charge in [-0.25, -0.2) is 14.8 Å².